The van der Waals surface area contributed by atoms with Crippen LogP contribution in [0.1, 0.15) is 56.9 Å². The largest absolute Gasteiger partial charge is 0.497 e. The number of hydrogen-bond acceptors (Lipinski definition) is 3. The maximum atomic E-state index is 13.1. The fraction of sp³-hybridized carbons (Fsp3) is 0.632. The first-order valence-corrected chi connectivity index (χ1v) is 8.72. The molecule has 23 heavy (non-hydrogen) atoms. The van der Waals surface area contributed by atoms with Crippen molar-refractivity contribution in [3.8, 4) is 11.5 Å². The topological polar surface area (TPSA) is 38.8 Å². The highest BCUT2D eigenvalue weighted by atomic mass is 16.5. The number of nitrogens with zero attached hydrogens (tertiary/aromatic N) is 1. The summed E-state index contributed by atoms with van der Waals surface area (Å²) in [6, 6.07) is 5.78. The third-order valence-corrected chi connectivity index (χ3v) is 4.63. The van der Waals surface area contributed by atoms with E-state index < -0.39 is 0 Å². The minimum absolute atomic E-state index is 0.117. The smallest absolute Gasteiger partial charge is 0.230 e. The van der Waals surface area contributed by atoms with E-state index in [9.17, 15) is 4.79 Å². The number of benzene rings is 1. The second kappa shape index (κ2) is 8.80. The average Bonchev–Trinajstić information content (AvgIpc) is 2.62. The van der Waals surface area contributed by atoms with Gasteiger partial charge < -0.3 is 14.4 Å². The molecule has 1 heterocycles. The van der Waals surface area contributed by atoms with Crippen LogP contribution in [0.25, 0.3) is 0 Å². The van der Waals surface area contributed by atoms with Crippen LogP contribution in [0.15, 0.2) is 18.2 Å². The van der Waals surface area contributed by atoms with Gasteiger partial charge in [0.25, 0.3) is 0 Å². The van der Waals surface area contributed by atoms with Gasteiger partial charge in [0, 0.05) is 24.7 Å². The number of carbonyl (C=O) groups excluding carboxylic acids is 1. The van der Waals surface area contributed by atoms with Crippen LogP contribution in [0.3, 0.4) is 0 Å². The predicted molar refractivity (Wildman–Crippen MR) is 92.2 cm³/mol. The zero-order valence-corrected chi connectivity index (χ0v) is 14.6. The Morgan fingerprint density at radius 3 is 2.52 bits per heavy atom. The molecule has 128 valence electrons. The summed E-state index contributed by atoms with van der Waals surface area (Å²) in [5.74, 6) is 1.64. The Bertz CT molecular complexity index is 509. The number of piperidine rings is 1. The first-order chi connectivity index (χ1) is 11.2. The first-order valence-electron chi connectivity index (χ1n) is 8.72. The maximum absolute atomic E-state index is 13.1. The van der Waals surface area contributed by atoms with Gasteiger partial charge in [0.2, 0.25) is 5.91 Å². The van der Waals surface area contributed by atoms with Crippen LogP contribution in [0.5, 0.6) is 11.5 Å². The quantitative estimate of drug-likeness (QED) is 0.763. The molecular weight excluding hydrogens is 290 g/mol. The normalized spacial score (nSPS) is 16.0. The van der Waals surface area contributed by atoms with Gasteiger partial charge in [0.05, 0.1) is 20.1 Å². The number of carbonyl (C=O) groups is 1. The van der Waals surface area contributed by atoms with Crippen LogP contribution < -0.4 is 9.47 Å². The second-order valence-electron chi connectivity index (χ2n) is 6.19. The highest BCUT2D eigenvalue weighted by Crippen LogP contribution is 2.35. The zero-order valence-electron chi connectivity index (χ0n) is 14.6. The van der Waals surface area contributed by atoms with Gasteiger partial charge >= 0.3 is 0 Å². The van der Waals surface area contributed by atoms with Gasteiger partial charge in [0.15, 0.2) is 0 Å². The molecule has 0 radical (unpaired) electrons. The van der Waals surface area contributed by atoms with E-state index in [0.717, 1.165) is 62.3 Å². The second-order valence-corrected chi connectivity index (χ2v) is 6.19. The number of hydrogen-bond donors (Lipinski definition) is 0. The van der Waals surface area contributed by atoms with Crippen LogP contribution in [0.4, 0.5) is 0 Å². The highest BCUT2D eigenvalue weighted by molar-refractivity contribution is 5.84. The summed E-state index contributed by atoms with van der Waals surface area (Å²) >= 11 is 0. The molecule has 1 aliphatic rings. The Morgan fingerprint density at radius 1 is 1.17 bits per heavy atom. The fourth-order valence-electron chi connectivity index (χ4n) is 3.26. The fourth-order valence-corrected chi connectivity index (χ4v) is 3.26. The minimum Gasteiger partial charge on any atom is -0.497 e. The number of unbranched alkanes of at least 4 members (excludes halogenated alkanes) is 1. The zero-order chi connectivity index (χ0) is 16.7. The minimum atomic E-state index is -0.117. The van der Waals surface area contributed by atoms with E-state index in [1.165, 1.54) is 6.42 Å². The van der Waals surface area contributed by atoms with E-state index >= 15 is 0 Å². The standard InChI is InChI=1S/C19H29NO3/c1-4-5-9-17(19(21)20-12-7-6-8-13-20)16-11-10-15(22-2)14-18(16)23-3/h10-11,14,17H,4-9,12-13H2,1-3H3. The van der Waals surface area contributed by atoms with Gasteiger partial charge in [-0.25, -0.2) is 0 Å². The maximum Gasteiger partial charge on any atom is 0.230 e. The van der Waals surface area contributed by atoms with E-state index in [2.05, 4.69) is 6.92 Å². The number of rotatable bonds is 7. The van der Waals surface area contributed by atoms with Crippen molar-refractivity contribution in [2.45, 2.75) is 51.4 Å². The Morgan fingerprint density at radius 2 is 1.91 bits per heavy atom. The highest BCUT2D eigenvalue weighted by Gasteiger charge is 2.28. The molecule has 0 bridgehead atoms. The molecule has 0 saturated carbocycles. The molecule has 1 fully saturated rings. The summed E-state index contributed by atoms with van der Waals surface area (Å²) in [4.78, 5) is 15.1. The summed E-state index contributed by atoms with van der Waals surface area (Å²) in [6.45, 7) is 3.94. The van der Waals surface area contributed by atoms with Crippen molar-refractivity contribution >= 4 is 5.91 Å². The number of methoxy groups -OCH3 is 2. The first kappa shape index (κ1) is 17.6. The van der Waals surface area contributed by atoms with Gasteiger partial charge in [-0.3, -0.25) is 4.79 Å². The lowest BCUT2D eigenvalue weighted by atomic mass is 9.90. The number of likely N-dealkylation sites (tertiary alicyclic amines) is 1. The molecule has 1 amide bonds. The van der Waals surface area contributed by atoms with Gasteiger partial charge in [-0.05, 0) is 31.7 Å². The van der Waals surface area contributed by atoms with Gasteiger partial charge in [0.1, 0.15) is 11.5 Å². The van der Waals surface area contributed by atoms with Crippen molar-refractivity contribution in [2.24, 2.45) is 0 Å². The Labute approximate surface area is 139 Å². The summed E-state index contributed by atoms with van der Waals surface area (Å²) in [5.41, 5.74) is 0.984. The van der Waals surface area contributed by atoms with Crippen LogP contribution >= 0.6 is 0 Å². The van der Waals surface area contributed by atoms with E-state index in [4.69, 9.17) is 9.47 Å². The average molecular weight is 319 g/mol. The molecule has 0 spiro atoms. The molecule has 0 N–H and O–H groups in total. The lowest BCUT2D eigenvalue weighted by molar-refractivity contribution is -0.134. The molecule has 2 rings (SSSR count). The van der Waals surface area contributed by atoms with Gasteiger partial charge in [-0.1, -0.05) is 25.8 Å². The monoisotopic (exact) mass is 319 g/mol. The van der Waals surface area contributed by atoms with Crippen LogP contribution in [-0.2, 0) is 4.79 Å². The third-order valence-electron chi connectivity index (χ3n) is 4.63. The summed E-state index contributed by atoms with van der Waals surface area (Å²) in [6.07, 6.45) is 6.46. The summed E-state index contributed by atoms with van der Waals surface area (Å²) in [5, 5.41) is 0. The summed E-state index contributed by atoms with van der Waals surface area (Å²) in [7, 11) is 3.29. The molecule has 1 saturated heterocycles. The molecular formula is C19H29NO3. The Kier molecular flexibility index (Phi) is 6.75. The molecule has 1 aromatic rings. The van der Waals surface area contributed by atoms with Crippen molar-refractivity contribution in [1.82, 2.24) is 4.90 Å². The third kappa shape index (κ3) is 4.40. The van der Waals surface area contributed by atoms with Crippen molar-refractivity contribution in [3.63, 3.8) is 0 Å². The molecule has 0 aliphatic carbocycles. The number of ether oxygens (including phenoxy) is 2. The predicted octanol–water partition coefficient (Wildman–Crippen LogP) is 3.99. The van der Waals surface area contributed by atoms with Crippen LogP contribution in [-0.4, -0.2) is 38.1 Å². The lowest BCUT2D eigenvalue weighted by Gasteiger charge is -2.31. The molecule has 1 aromatic carbocycles. The molecule has 1 unspecified atom stereocenters. The van der Waals surface area contributed by atoms with E-state index in [1.807, 2.05) is 23.1 Å². The van der Waals surface area contributed by atoms with Gasteiger partial charge in [-0.15, -0.1) is 0 Å². The van der Waals surface area contributed by atoms with Crippen molar-refractivity contribution in [1.29, 1.82) is 0 Å². The molecule has 1 atom stereocenters. The molecule has 4 nitrogen and oxygen atoms in total. The van der Waals surface area contributed by atoms with Crippen LogP contribution in [0.2, 0.25) is 0 Å². The Balaban J connectivity index is 2.28. The SMILES string of the molecule is CCCCC(C(=O)N1CCCCC1)c1ccc(OC)cc1OC. The van der Waals surface area contributed by atoms with Crippen molar-refractivity contribution < 1.29 is 14.3 Å². The van der Waals surface area contributed by atoms with Gasteiger partial charge in [-0.2, -0.15) is 0 Å². The lowest BCUT2D eigenvalue weighted by Crippen LogP contribution is -2.39. The Hall–Kier alpha value is -1.71. The number of amides is 1. The van der Waals surface area contributed by atoms with Crippen molar-refractivity contribution in [3.05, 3.63) is 23.8 Å². The molecule has 0 aromatic heterocycles. The van der Waals surface area contributed by atoms with E-state index in [0.29, 0.717) is 0 Å². The molecule has 4 heteroatoms. The van der Waals surface area contributed by atoms with Crippen molar-refractivity contribution in [2.75, 3.05) is 27.3 Å². The van der Waals surface area contributed by atoms with E-state index in [1.54, 1.807) is 14.2 Å². The van der Waals surface area contributed by atoms with E-state index in [-0.39, 0.29) is 11.8 Å². The molecule has 1 aliphatic heterocycles. The van der Waals surface area contributed by atoms with Crippen LogP contribution in [0, 0.1) is 0 Å². The summed E-state index contributed by atoms with van der Waals surface area (Å²) < 4.78 is 10.8.